The fourth-order valence-corrected chi connectivity index (χ4v) is 3.77. The molecule has 0 aliphatic carbocycles. The monoisotopic (exact) mass is 395 g/mol. The SMILES string of the molecule is Cc1c(-c2ccnc3cc(Cl)ccc23)c2cc([N+](=O)[O-])ccc2n1CC(=O)O. The van der Waals surface area contributed by atoms with Crippen LogP contribution in [0.2, 0.25) is 5.02 Å². The number of rotatable bonds is 4. The fraction of sp³-hybridized carbons (Fsp3) is 0.100. The highest BCUT2D eigenvalue weighted by Crippen LogP contribution is 2.39. The average Bonchev–Trinajstić information content (AvgIpc) is 2.91. The summed E-state index contributed by atoms with van der Waals surface area (Å²) in [4.78, 5) is 26.6. The molecule has 0 bridgehead atoms. The van der Waals surface area contributed by atoms with E-state index in [-0.39, 0.29) is 12.2 Å². The van der Waals surface area contributed by atoms with Crippen LogP contribution in [-0.2, 0) is 11.3 Å². The van der Waals surface area contributed by atoms with Crippen molar-refractivity contribution in [2.45, 2.75) is 13.5 Å². The standard InChI is InChI=1S/C20H14ClN3O4/c1-11-20(15-6-7-22-17-8-12(21)2-4-14(15)17)16-9-13(24(27)28)3-5-18(16)23(11)10-19(25)26/h2-9H,10H2,1H3,(H,25,26). The zero-order valence-electron chi connectivity index (χ0n) is 14.7. The Balaban J connectivity index is 2.11. The van der Waals surface area contributed by atoms with E-state index in [2.05, 4.69) is 4.98 Å². The summed E-state index contributed by atoms with van der Waals surface area (Å²) in [7, 11) is 0. The number of aromatic nitrogens is 2. The van der Waals surface area contributed by atoms with Crippen LogP contribution in [0.5, 0.6) is 0 Å². The highest BCUT2D eigenvalue weighted by Gasteiger charge is 2.21. The highest BCUT2D eigenvalue weighted by atomic mass is 35.5. The van der Waals surface area contributed by atoms with Gasteiger partial charge < -0.3 is 9.67 Å². The van der Waals surface area contributed by atoms with E-state index in [9.17, 15) is 20.0 Å². The van der Waals surface area contributed by atoms with Gasteiger partial charge in [-0.15, -0.1) is 0 Å². The van der Waals surface area contributed by atoms with E-state index in [1.54, 1.807) is 29.0 Å². The second kappa shape index (κ2) is 6.61. The number of carbonyl (C=O) groups is 1. The predicted molar refractivity (Wildman–Crippen MR) is 107 cm³/mol. The summed E-state index contributed by atoms with van der Waals surface area (Å²) in [5.74, 6) is -0.990. The van der Waals surface area contributed by atoms with Crippen molar-refractivity contribution >= 4 is 45.1 Å². The Bertz CT molecular complexity index is 1280. The van der Waals surface area contributed by atoms with Gasteiger partial charge in [0.05, 0.1) is 10.4 Å². The van der Waals surface area contributed by atoms with E-state index >= 15 is 0 Å². The topological polar surface area (TPSA) is 98.3 Å². The molecule has 0 atom stereocenters. The first-order valence-electron chi connectivity index (χ1n) is 8.40. The highest BCUT2D eigenvalue weighted by molar-refractivity contribution is 6.31. The molecule has 2 aromatic carbocycles. The molecule has 0 spiro atoms. The number of halogens is 1. The maximum atomic E-state index is 11.4. The van der Waals surface area contributed by atoms with E-state index < -0.39 is 10.9 Å². The number of pyridine rings is 1. The van der Waals surface area contributed by atoms with Crippen molar-refractivity contribution in [3.63, 3.8) is 0 Å². The second-order valence-corrected chi connectivity index (χ2v) is 6.86. The van der Waals surface area contributed by atoms with Crippen LogP contribution >= 0.6 is 11.6 Å². The quantitative estimate of drug-likeness (QED) is 0.395. The van der Waals surface area contributed by atoms with Gasteiger partial charge in [-0.2, -0.15) is 0 Å². The molecule has 0 saturated carbocycles. The maximum Gasteiger partial charge on any atom is 0.323 e. The van der Waals surface area contributed by atoms with Crippen LogP contribution in [0.25, 0.3) is 32.9 Å². The molecule has 28 heavy (non-hydrogen) atoms. The Morgan fingerprint density at radius 1 is 1.21 bits per heavy atom. The zero-order chi connectivity index (χ0) is 20.0. The molecule has 0 saturated heterocycles. The van der Waals surface area contributed by atoms with Gasteiger partial charge in [-0.3, -0.25) is 19.9 Å². The Hall–Kier alpha value is -3.45. The molecule has 0 aliphatic rings. The third kappa shape index (κ3) is 2.86. The van der Waals surface area contributed by atoms with Crippen LogP contribution < -0.4 is 0 Å². The lowest BCUT2D eigenvalue weighted by Crippen LogP contribution is -2.09. The lowest BCUT2D eigenvalue weighted by atomic mass is 9.98. The normalized spacial score (nSPS) is 11.2. The number of hydrogen-bond acceptors (Lipinski definition) is 4. The molecule has 8 heteroatoms. The van der Waals surface area contributed by atoms with Crippen LogP contribution in [0.1, 0.15) is 5.69 Å². The van der Waals surface area contributed by atoms with Crippen molar-refractivity contribution in [1.82, 2.24) is 9.55 Å². The fourth-order valence-electron chi connectivity index (χ4n) is 3.60. The van der Waals surface area contributed by atoms with Crippen molar-refractivity contribution < 1.29 is 14.8 Å². The third-order valence-electron chi connectivity index (χ3n) is 4.79. The van der Waals surface area contributed by atoms with Gasteiger partial charge in [-0.05, 0) is 36.8 Å². The number of hydrogen-bond donors (Lipinski definition) is 1. The van der Waals surface area contributed by atoms with Gasteiger partial charge in [-0.25, -0.2) is 0 Å². The predicted octanol–water partition coefficient (Wildman–Crippen LogP) is 4.81. The first kappa shape index (κ1) is 17.9. The molecule has 0 amide bonds. The molecule has 0 radical (unpaired) electrons. The number of non-ortho nitro benzene ring substituents is 1. The average molecular weight is 396 g/mol. The molecule has 2 aromatic heterocycles. The Morgan fingerprint density at radius 3 is 2.71 bits per heavy atom. The smallest absolute Gasteiger partial charge is 0.323 e. The maximum absolute atomic E-state index is 11.4. The van der Waals surface area contributed by atoms with E-state index in [1.165, 1.54) is 12.1 Å². The molecule has 4 rings (SSSR count). The summed E-state index contributed by atoms with van der Waals surface area (Å²) in [6.07, 6.45) is 1.64. The van der Waals surface area contributed by atoms with Gasteiger partial charge in [0, 0.05) is 50.9 Å². The largest absolute Gasteiger partial charge is 0.480 e. The number of carboxylic acids is 1. The number of nitrogens with zero attached hydrogens (tertiary/aromatic N) is 3. The van der Waals surface area contributed by atoms with E-state index in [4.69, 9.17) is 11.6 Å². The van der Waals surface area contributed by atoms with Crippen LogP contribution in [0, 0.1) is 17.0 Å². The van der Waals surface area contributed by atoms with E-state index in [0.29, 0.717) is 27.1 Å². The summed E-state index contributed by atoms with van der Waals surface area (Å²) < 4.78 is 1.65. The first-order chi connectivity index (χ1) is 13.4. The van der Waals surface area contributed by atoms with Gasteiger partial charge in [0.25, 0.3) is 5.69 Å². The molecular weight excluding hydrogens is 382 g/mol. The molecule has 0 unspecified atom stereocenters. The number of nitro groups is 1. The van der Waals surface area contributed by atoms with E-state index in [1.807, 2.05) is 19.1 Å². The van der Waals surface area contributed by atoms with Gasteiger partial charge in [0.15, 0.2) is 0 Å². The third-order valence-corrected chi connectivity index (χ3v) is 5.02. The number of nitro benzene ring substituents is 1. The molecule has 140 valence electrons. The van der Waals surface area contributed by atoms with Crippen LogP contribution in [-0.4, -0.2) is 25.6 Å². The summed E-state index contributed by atoms with van der Waals surface area (Å²) in [6, 6.07) is 11.6. The Morgan fingerprint density at radius 2 is 2.00 bits per heavy atom. The van der Waals surface area contributed by atoms with Gasteiger partial charge >= 0.3 is 5.97 Å². The number of carboxylic acid groups (broad SMARTS) is 1. The lowest BCUT2D eigenvalue weighted by Gasteiger charge is -2.08. The summed E-state index contributed by atoms with van der Waals surface area (Å²) in [6.45, 7) is 1.57. The van der Waals surface area contributed by atoms with Crippen molar-refractivity contribution in [2.75, 3.05) is 0 Å². The molecule has 2 heterocycles. The van der Waals surface area contributed by atoms with Gasteiger partial charge in [0.1, 0.15) is 6.54 Å². The first-order valence-corrected chi connectivity index (χ1v) is 8.78. The molecular formula is C20H14ClN3O4. The van der Waals surface area contributed by atoms with Gasteiger partial charge in [0.2, 0.25) is 0 Å². The molecule has 4 aromatic rings. The number of aliphatic carboxylic acids is 1. The molecule has 1 N–H and O–H groups in total. The lowest BCUT2D eigenvalue weighted by molar-refractivity contribution is -0.384. The summed E-state index contributed by atoms with van der Waals surface area (Å²) in [5.41, 5.74) is 3.53. The van der Waals surface area contributed by atoms with Crippen molar-refractivity contribution in [2.24, 2.45) is 0 Å². The Kier molecular flexibility index (Phi) is 4.24. The minimum absolute atomic E-state index is 0.0531. The van der Waals surface area contributed by atoms with Crippen LogP contribution in [0.15, 0.2) is 48.7 Å². The van der Waals surface area contributed by atoms with Crippen molar-refractivity contribution in [1.29, 1.82) is 0 Å². The van der Waals surface area contributed by atoms with Crippen LogP contribution in [0.3, 0.4) is 0 Å². The number of fused-ring (bicyclic) bond motifs is 2. The summed E-state index contributed by atoms with van der Waals surface area (Å²) in [5, 5.41) is 22.6. The minimum atomic E-state index is -0.990. The minimum Gasteiger partial charge on any atom is -0.480 e. The molecule has 0 fully saturated rings. The molecule has 7 nitrogen and oxygen atoms in total. The second-order valence-electron chi connectivity index (χ2n) is 6.42. The van der Waals surface area contributed by atoms with Crippen molar-refractivity contribution in [3.8, 4) is 11.1 Å². The summed E-state index contributed by atoms with van der Waals surface area (Å²) >= 11 is 6.08. The zero-order valence-corrected chi connectivity index (χ0v) is 15.5. The van der Waals surface area contributed by atoms with Crippen LogP contribution in [0.4, 0.5) is 5.69 Å². The van der Waals surface area contributed by atoms with Gasteiger partial charge in [-0.1, -0.05) is 17.7 Å². The van der Waals surface area contributed by atoms with Crippen molar-refractivity contribution in [3.05, 3.63) is 69.5 Å². The molecule has 0 aliphatic heterocycles. The van der Waals surface area contributed by atoms with E-state index in [0.717, 1.165) is 16.5 Å². The number of benzene rings is 2. The Labute approximate surface area is 163 Å².